The van der Waals surface area contributed by atoms with Crippen molar-refractivity contribution >= 4 is 36.9 Å². The summed E-state index contributed by atoms with van der Waals surface area (Å²) >= 11 is 0. The summed E-state index contributed by atoms with van der Waals surface area (Å²) in [7, 11) is -7.46. The molecule has 1 aliphatic rings. The molecule has 2 aromatic carbocycles. The number of para-hydroxylation sites is 1. The first-order valence-corrected chi connectivity index (χ1v) is 15.8. The van der Waals surface area contributed by atoms with Crippen LogP contribution in [0.2, 0.25) is 0 Å². The highest BCUT2D eigenvalue weighted by atomic mass is 32.2. The van der Waals surface area contributed by atoms with Crippen LogP contribution in [-0.2, 0) is 31.4 Å². The van der Waals surface area contributed by atoms with Gasteiger partial charge < -0.3 is 9.15 Å². The van der Waals surface area contributed by atoms with Crippen molar-refractivity contribution in [3.63, 3.8) is 0 Å². The summed E-state index contributed by atoms with van der Waals surface area (Å²) in [6, 6.07) is 12.5. The highest BCUT2D eigenvalue weighted by Crippen LogP contribution is 2.27. The van der Waals surface area contributed by atoms with Crippen molar-refractivity contribution in [1.29, 1.82) is 0 Å². The SMILES string of the molecule is Cc1oc2ccccc2c1COc1ccc(S(=O)(=O)NCC(C(=O)NO)N2CCN(S(=O)(=O)C(C)C)CC2)cc1. The van der Waals surface area contributed by atoms with E-state index in [4.69, 9.17) is 9.15 Å². The van der Waals surface area contributed by atoms with Crippen LogP contribution in [-0.4, -0.2) is 81.2 Å². The smallest absolute Gasteiger partial charge is 0.262 e. The molecule has 1 aliphatic heterocycles. The Hall–Kier alpha value is -3.01. The van der Waals surface area contributed by atoms with Gasteiger partial charge in [-0.2, -0.15) is 4.31 Å². The standard InChI is InChI=1S/C26H34N4O8S2/c1-18(2)40(35,36)30-14-12-29(13-15-30)24(26(31)28-32)16-27-39(33,34)21-10-8-20(9-11-21)37-17-23-19(3)38-25-7-5-4-6-22(23)25/h4-11,18,24,27,32H,12-17H2,1-3H3,(H,28,31). The largest absolute Gasteiger partial charge is 0.489 e. The van der Waals surface area contributed by atoms with Crippen LogP contribution in [0.1, 0.15) is 25.2 Å². The van der Waals surface area contributed by atoms with Gasteiger partial charge in [0.1, 0.15) is 29.7 Å². The second-order valence-corrected chi connectivity index (χ2v) is 14.0. The van der Waals surface area contributed by atoms with Crippen LogP contribution in [0, 0.1) is 6.92 Å². The van der Waals surface area contributed by atoms with Gasteiger partial charge in [-0.3, -0.25) is 14.9 Å². The monoisotopic (exact) mass is 594 g/mol. The number of ether oxygens (including phenoxy) is 1. The molecule has 1 fully saturated rings. The number of nitrogens with one attached hydrogen (secondary N) is 2. The number of carbonyl (C=O) groups is 1. The molecule has 3 aromatic rings. The number of fused-ring (bicyclic) bond motifs is 1. The van der Waals surface area contributed by atoms with Gasteiger partial charge in [0.05, 0.1) is 10.1 Å². The fraction of sp³-hybridized carbons (Fsp3) is 0.423. The average molecular weight is 595 g/mol. The maximum Gasteiger partial charge on any atom is 0.262 e. The van der Waals surface area contributed by atoms with E-state index in [2.05, 4.69) is 4.72 Å². The van der Waals surface area contributed by atoms with Crippen molar-refractivity contribution in [2.45, 2.75) is 43.6 Å². The minimum Gasteiger partial charge on any atom is -0.489 e. The summed E-state index contributed by atoms with van der Waals surface area (Å²) in [5, 5.41) is 9.61. The molecule has 0 radical (unpaired) electrons. The summed E-state index contributed by atoms with van der Waals surface area (Å²) in [5.74, 6) is 0.415. The number of amides is 1. The number of sulfonamides is 2. The zero-order valence-corrected chi connectivity index (χ0v) is 24.2. The molecule has 2 heterocycles. The molecule has 40 heavy (non-hydrogen) atoms. The van der Waals surface area contributed by atoms with E-state index < -0.39 is 37.2 Å². The molecule has 0 spiro atoms. The number of hydrogen-bond acceptors (Lipinski definition) is 9. The van der Waals surface area contributed by atoms with Crippen LogP contribution in [0.25, 0.3) is 11.0 Å². The van der Waals surface area contributed by atoms with Crippen molar-refractivity contribution in [3.05, 3.63) is 59.9 Å². The summed E-state index contributed by atoms with van der Waals surface area (Å²) in [6.45, 7) is 5.67. The van der Waals surface area contributed by atoms with Gasteiger partial charge in [-0.1, -0.05) is 18.2 Å². The van der Waals surface area contributed by atoms with E-state index >= 15 is 0 Å². The number of piperazine rings is 1. The van der Waals surface area contributed by atoms with E-state index in [1.54, 1.807) is 36.4 Å². The van der Waals surface area contributed by atoms with E-state index in [9.17, 15) is 26.8 Å². The van der Waals surface area contributed by atoms with Crippen LogP contribution >= 0.6 is 0 Å². The molecule has 1 unspecified atom stereocenters. The third-order valence-electron chi connectivity index (χ3n) is 6.97. The van der Waals surface area contributed by atoms with Crippen molar-refractivity contribution < 1.29 is 36.0 Å². The molecule has 0 aliphatic carbocycles. The minimum atomic E-state index is -4.01. The number of carbonyl (C=O) groups excluding carboxylic acids is 1. The van der Waals surface area contributed by atoms with Crippen molar-refractivity contribution in [2.24, 2.45) is 0 Å². The van der Waals surface area contributed by atoms with E-state index in [0.717, 1.165) is 22.3 Å². The van der Waals surface area contributed by atoms with Crippen LogP contribution in [0.3, 0.4) is 0 Å². The summed E-state index contributed by atoms with van der Waals surface area (Å²) in [4.78, 5) is 14.0. The zero-order chi connectivity index (χ0) is 29.1. The van der Waals surface area contributed by atoms with Crippen LogP contribution in [0.5, 0.6) is 5.75 Å². The number of nitrogens with zero attached hydrogens (tertiary/aromatic N) is 2. The maximum absolute atomic E-state index is 13.0. The highest BCUT2D eigenvalue weighted by molar-refractivity contribution is 7.89. The second kappa shape index (κ2) is 12.2. The Labute approximate surface area is 234 Å². The summed E-state index contributed by atoms with van der Waals surface area (Å²) < 4.78 is 66.2. The molecule has 0 bridgehead atoms. The predicted molar refractivity (Wildman–Crippen MR) is 148 cm³/mol. The van der Waals surface area contributed by atoms with Crippen molar-refractivity contribution in [2.75, 3.05) is 32.7 Å². The number of aryl methyl sites for hydroxylation is 1. The van der Waals surface area contributed by atoms with Gasteiger partial charge in [0, 0.05) is 43.7 Å². The Balaban J connectivity index is 1.37. The van der Waals surface area contributed by atoms with Gasteiger partial charge in [0.25, 0.3) is 5.91 Å². The summed E-state index contributed by atoms with van der Waals surface area (Å²) in [5.41, 5.74) is 3.25. The molecule has 1 atom stereocenters. The average Bonchev–Trinajstić information content (AvgIpc) is 3.26. The van der Waals surface area contributed by atoms with Gasteiger partial charge in [-0.05, 0) is 51.1 Å². The van der Waals surface area contributed by atoms with E-state index in [-0.39, 0.29) is 44.2 Å². The zero-order valence-electron chi connectivity index (χ0n) is 22.5. The Morgan fingerprint density at radius 2 is 1.68 bits per heavy atom. The molecule has 14 heteroatoms. The lowest BCUT2D eigenvalue weighted by atomic mass is 10.1. The Bertz CT molecular complexity index is 1550. The van der Waals surface area contributed by atoms with E-state index in [1.165, 1.54) is 16.4 Å². The lowest BCUT2D eigenvalue weighted by Gasteiger charge is -2.38. The molecular formula is C26H34N4O8S2. The van der Waals surface area contributed by atoms with Gasteiger partial charge in [-0.25, -0.2) is 27.0 Å². The predicted octanol–water partition coefficient (Wildman–Crippen LogP) is 1.83. The molecular weight excluding hydrogens is 560 g/mol. The third kappa shape index (κ3) is 6.48. The normalized spacial score (nSPS) is 16.3. The van der Waals surface area contributed by atoms with Crippen LogP contribution in [0.15, 0.2) is 57.8 Å². The molecule has 12 nitrogen and oxygen atoms in total. The Morgan fingerprint density at radius 3 is 2.30 bits per heavy atom. The molecule has 4 rings (SSSR count). The first-order valence-electron chi connectivity index (χ1n) is 12.8. The molecule has 218 valence electrons. The van der Waals surface area contributed by atoms with Crippen molar-refractivity contribution in [3.8, 4) is 5.75 Å². The molecule has 3 N–H and O–H groups in total. The molecule has 0 saturated carbocycles. The minimum absolute atomic E-state index is 0.0270. The number of hydrogen-bond donors (Lipinski definition) is 3. The third-order valence-corrected chi connectivity index (χ3v) is 10.7. The number of rotatable bonds is 11. The van der Waals surface area contributed by atoms with Crippen LogP contribution in [0.4, 0.5) is 0 Å². The van der Waals surface area contributed by atoms with Gasteiger partial charge >= 0.3 is 0 Å². The topological polar surface area (TPSA) is 158 Å². The van der Waals surface area contributed by atoms with E-state index in [1.807, 2.05) is 31.2 Å². The Morgan fingerprint density at radius 1 is 1.02 bits per heavy atom. The molecule has 1 amide bonds. The first kappa shape index (κ1) is 30.0. The van der Waals surface area contributed by atoms with Gasteiger partial charge in [0.15, 0.2) is 0 Å². The number of furan rings is 1. The van der Waals surface area contributed by atoms with Gasteiger partial charge in [-0.15, -0.1) is 0 Å². The fourth-order valence-corrected chi connectivity index (χ4v) is 6.88. The van der Waals surface area contributed by atoms with Gasteiger partial charge in [0.2, 0.25) is 20.0 Å². The van der Waals surface area contributed by atoms with Crippen molar-refractivity contribution in [1.82, 2.24) is 19.4 Å². The summed E-state index contributed by atoms with van der Waals surface area (Å²) in [6.07, 6.45) is 0. The number of benzene rings is 2. The number of hydroxylamine groups is 1. The lowest BCUT2D eigenvalue weighted by Crippen LogP contribution is -2.59. The fourth-order valence-electron chi connectivity index (χ4n) is 4.57. The first-order chi connectivity index (χ1) is 18.9. The Kier molecular flexibility index (Phi) is 9.17. The maximum atomic E-state index is 13.0. The highest BCUT2D eigenvalue weighted by Gasteiger charge is 2.34. The quantitative estimate of drug-likeness (QED) is 0.222. The molecule has 1 aromatic heterocycles. The second-order valence-electron chi connectivity index (χ2n) is 9.77. The van der Waals surface area contributed by atoms with Crippen LogP contribution < -0.4 is 14.9 Å². The lowest BCUT2D eigenvalue weighted by molar-refractivity contribution is -0.135. The molecule has 1 saturated heterocycles. The van der Waals surface area contributed by atoms with E-state index in [0.29, 0.717) is 5.75 Å².